The summed E-state index contributed by atoms with van der Waals surface area (Å²) in [5, 5.41) is 0.605. The van der Waals surface area contributed by atoms with Crippen LogP contribution in [-0.2, 0) is 10.0 Å². The SMILES string of the molecule is CCC(C)(C)C1CCC(NS(=O)(=O)c2cc(C)c(Cl)cc2C)CC1. The zero-order valence-corrected chi connectivity index (χ0v) is 17.0. The van der Waals surface area contributed by atoms with Crippen molar-refractivity contribution >= 4 is 21.6 Å². The van der Waals surface area contributed by atoms with Gasteiger partial charge in [0.05, 0.1) is 4.90 Å². The van der Waals surface area contributed by atoms with Gasteiger partial charge in [-0.2, -0.15) is 0 Å². The highest BCUT2D eigenvalue weighted by Crippen LogP contribution is 2.40. The monoisotopic (exact) mass is 371 g/mol. The quantitative estimate of drug-likeness (QED) is 0.770. The second-order valence-corrected chi connectivity index (χ2v) is 9.97. The molecule has 0 spiro atoms. The lowest BCUT2D eigenvalue weighted by atomic mass is 9.69. The summed E-state index contributed by atoms with van der Waals surface area (Å²) in [6.07, 6.45) is 5.18. The van der Waals surface area contributed by atoms with Gasteiger partial charge >= 0.3 is 0 Å². The molecule has 0 amide bonds. The maximum absolute atomic E-state index is 12.8. The molecule has 1 saturated carbocycles. The summed E-state index contributed by atoms with van der Waals surface area (Å²) in [4.78, 5) is 0.348. The molecule has 1 aliphatic rings. The Kier molecular flexibility index (Phi) is 6.04. The first kappa shape index (κ1) is 19.7. The van der Waals surface area contributed by atoms with E-state index in [1.165, 1.54) is 0 Å². The van der Waals surface area contributed by atoms with Crippen molar-refractivity contribution in [3.8, 4) is 0 Å². The fraction of sp³-hybridized carbons (Fsp3) is 0.684. The second-order valence-electron chi connectivity index (χ2n) is 7.88. The molecule has 1 aromatic rings. The molecule has 1 N–H and O–H groups in total. The number of hydrogen-bond acceptors (Lipinski definition) is 2. The van der Waals surface area contributed by atoms with E-state index in [4.69, 9.17) is 11.6 Å². The van der Waals surface area contributed by atoms with Crippen LogP contribution >= 0.6 is 11.6 Å². The minimum absolute atomic E-state index is 0.0364. The van der Waals surface area contributed by atoms with Crippen LogP contribution in [0.3, 0.4) is 0 Å². The maximum atomic E-state index is 12.8. The number of halogens is 1. The molecule has 0 bridgehead atoms. The van der Waals surface area contributed by atoms with Crippen LogP contribution in [0.25, 0.3) is 0 Å². The van der Waals surface area contributed by atoms with Crippen molar-refractivity contribution in [3.63, 3.8) is 0 Å². The Labute approximate surface area is 152 Å². The largest absolute Gasteiger partial charge is 0.241 e. The van der Waals surface area contributed by atoms with Gasteiger partial charge in [-0.3, -0.25) is 0 Å². The Balaban J connectivity index is 2.08. The van der Waals surface area contributed by atoms with Crippen molar-refractivity contribution in [2.75, 3.05) is 0 Å². The molecule has 0 aromatic heterocycles. The minimum atomic E-state index is -3.50. The molecule has 0 heterocycles. The van der Waals surface area contributed by atoms with Crippen molar-refractivity contribution in [1.29, 1.82) is 0 Å². The van der Waals surface area contributed by atoms with Gasteiger partial charge < -0.3 is 0 Å². The highest BCUT2D eigenvalue weighted by Gasteiger charge is 2.33. The highest BCUT2D eigenvalue weighted by molar-refractivity contribution is 7.89. The van der Waals surface area contributed by atoms with E-state index in [9.17, 15) is 8.42 Å². The van der Waals surface area contributed by atoms with Gasteiger partial charge in [-0.1, -0.05) is 38.8 Å². The Hall–Kier alpha value is -0.580. The zero-order chi connectivity index (χ0) is 18.1. The van der Waals surface area contributed by atoms with Crippen LogP contribution in [0, 0.1) is 25.2 Å². The fourth-order valence-electron chi connectivity index (χ4n) is 3.61. The fourth-order valence-corrected chi connectivity index (χ4v) is 5.44. The Morgan fingerprint density at radius 2 is 1.71 bits per heavy atom. The van der Waals surface area contributed by atoms with Crippen LogP contribution in [0.4, 0.5) is 0 Å². The van der Waals surface area contributed by atoms with Crippen LogP contribution in [0.5, 0.6) is 0 Å². The van der Waals surface area contributed by atoms with Crippen molar-refractivity contribution in [2.45, 2.75) is 77.7 Å². The van der Waals surface area contributed by atoms with Gasteiger partial charge in [0.15, 0.2) is 0 Å². The third kappa shape index (κ3) is 4.33. The van der Waals surface area contributed by atoms with Gasteiger partial charge in [0, 0.05) is 11.1 Å². The van der Waals surface area contributed by atoms with Crippen molar-refractivity contribution < 1.29 is 8.42 Å². The lowest BCUT2D eigenvalue weighted by Crippen LogP contribution is -2.40. The van der Waals surface area contributed by atoms with Crippen LogP contribution in [0.2, 0.25) is 5.02 Å². The number of sulfonamides is 1. The van der Waals surface area contributed by atoms with Crippen LogP contribution < -0.4 is 4.72 Å². The summed E-state index contributed by atoms with van der Waals surface area (Å²) in [6.45, 7) is 10.5. The molecule has 0 saturated heterocycles. The molecule has 1 aromatic carbocycles. The lowest BCUT2D eigenvalue weighted by Gasteiger charge is -2.39. The maximum Gasteiger partial charge on any atom is 0.241 e. The summed E-state index contributed by atoms with van der Waals surface area (Å²) in [5.41, 5.74) is 1.82. The van der Waals surface area contributed by atoms with Gasteiger partial charge in [-0.05, 0) is 74.1 Å². The van der Waals surface area contributed by atoms with E-state index >= 15 is 0 Å². The zero-order valence-electron chi connectivity index (χ0n) is 15.4. The van der Waals surface area contributed by atoms with E-state index in [2.05, 4.69) is 25.5 Å². The molecule has 24 heavy (non-hydrogen) atoms. The molecule has 3 nitrogen and oxygen atoms in total. The summed E-state index contributed by atoms with van der Waals surface area (Å²) in [6, 6.07) is 3.44. The van der Waals surface area contributed by atoms with E-state index < -0.39 is 10.0 Å². The molecule has 0 radical (unpaired) electrons. The predicted molar refractivity (Wildman–Crippen MR) is 101 cm³/mol. The normalized spacial score (nSPS) is 22.6. The lowest BCUT2D eigenvalue weighted by molar-refractivity contribution is 0.142. The molecule has 5 heteroatoms. The molecule has 1 aliphatic carbocycles. The number of nitrogens with one attached hydrogen (secondary N) is 1. The standard InChI is InChI=1S/C19H30ClNO2S/c1-6-19(4,5)15-7-9-16(10-8-15)21-24(22,23)18-12-13(2)17(20)11-14(18)3/h11-12,15-16,21H,6-10H2,1-5H3. The molecular weight excluding hydrogens is 342 g/mol. The second kappa shape index (κ2) is 7.35. The van der Waals surface area contributed by atoms with Crippen LogP contribution in [0.1, 0.15) is 64.0 Å². The molecule has 0 aliphatic heterocycles. The Morgan fingerprint density at radius 1 is 1.12 bits per heavy atom. The van der Waals surface area contributed by atoms with Gasteiger partial charge in [0.1, 0.15) is 0 Å². The number of rotatable bonds is 5. The van der Waals surface area contributed by atoms with E-state index in [1.807, 2.05) is 6.92 Å². The number of benzene rings is 1. The number of hydrogen-bond donors (Lipinski definition) is 1. The Morgan fingerprint density at radius 3 is 2.25 bits per heavy atom. The molecule has 0 unspecified atom stereocenters. The van der Waals surface area contributed by atoms with E-state index in [1.54, 1.807) is 19.1 Å². The third-order valence-electron chi connectivity index (χ3n) is 5.81. The van der Waals surface area contributed by atoms with Gasteiger partial charge in [0.25, 0.3) is 0 Å². The van der Waals surface area contributed by atoms with Crippen LogP contribution in [0.15, 0.2) is 17.0 Å². The van der Waals surface area contributed by atoms with Gasteiger partial charge in [-0.25, -0.2) is 13.1 Å². The minimum Gasteiger partial charge on any atom is -0.208 e. The average Bonchev–Trinajstić information content (AvgIpc) is 2.51. The van der Waals surface area contributed by atoms with Crippen LogP contribution in [-0.4, -0.2) is 14.5 Å². The van der Waals surface area contributed by atoms with E-state index in [-0.39, 0.29) is 6.04 Å². The summed E-state index contributed by atoms with van der Waals surface area (Å²) >= 11 is 6.09. The first-order valence-electron chi connectivity index (χ1n) is 8.86. The third-order valence-corrected chi connectivity index (χ3v) is 7.88. The first-order chi connectivity index (χ1) is 11.1. The smallest absolute Gasteiger partial charge is 0.208 e. The summed E-state index contributed by atoms with van der Waals surface area (Å²) in [7, 11) is -3.50. The van der Waals surface area contributed by atoms with E-state index in [0.29, 0.717) is 26.8 Å². The molecule has 2 rings (SSSR count). The van der Waals surface area contributed by atoms with Crippen molar-refractivity contribution in [1.82, 2.24) is 4.72 Å². The Bertz CT molecular complexity index is 690. The number of aryl methyl sites for hydroxylation is 2. The predicted octanol–water partition coefficient (Wildman–Crippen LogP) is 5.23. The first-order valence-corrected chi connectivity index (χ1v) is 10.7. The van der Waals surface area contributed by atoms with Crippen molar-refractivity contribution in [3.05, 3.63) is 28.3 Å². The molecular formula is C19H30ClNO2S. The topological polar surface area (TPSA) is 46.2 Å². The molecule has 0 atom stereocenters. The van der Waals surface area contributed by atoms with Crippen molar-refractivity contribution in [2.24, 2.45) is 11.3 Å². The molecule has 1 fully saturated rings. The molecule has 136 valence electrons. The summed E-state index contributed by atoms with van der Waals surface area (Å²) in [5.74, 6) is 0.683. The highest BCUT2D eigenvalue weighted by atomic mass is 35.5. The van der Waals surface area contributed by atoms with Gasteiger partial charge in [0.2, 0.25) is 10.0 Å². The summed E-state index contributed by atoms with van der Waals surface area (Å²) < 4.78 is 28.4. The van der Waals surface area contributed by atoms with Gasteiger partial charge in [-0.15, -0.1) is 0 Å². The average molecular weight is 372 g/mol. The van der Waals surface area contributed by atoms with E-state index in [0.717, 1.165) is 37.7 Å².